The summed E-state index contributed by atoms with van der Waals surface area (Å²) in [6.45, 7) is 10.2. The Labute approximate surface area is 157 Å². The van der Waals surface area contributed by atoms with Gasteiger partial charge in [0.2, 0.25) is 0 Å². The van der Waals surface area contributed by atoms with Crippen LogP contribution >= 0.6 is 0 Å². The smallest absolute Gasteiger partial charge is 0.419 e. The highest BCUT2D eigenvalue weighted by Gasteiger charge is 2.35. The Hall–Kier alpha value is -2.49. The van der Waals surface area contributed by atoms with E-state index in [2.05, 4.69) is 27.7 Å². The fraction of sp³-hybridized carbons (Fsp3) is 0.304. The lowest BCUT2D eigenvalue weighted by atomic mass is 9.83. The molecule has 0 aromatic heterocycles. The molecule has 1 aliphatic carbocycles. The molecule has 2 aromatic carbocycles. The summed E-state index contributed by atoms with van der Waals surface area (Å²) in [7, 11) is 0. The summed E-state index contributed by atoms with van der Waals surface area (Å²) >= 11 is 0. The van der Waals surface area contributed by atoms with Crippen LogP contribution in [0.5, 0.6) is 5.75 Å². The van der Waals surface area contributed by atoms with Crippen LogP contribution in [0.1, 0.15) is 50.3 Å². The van der Waals surface area contributed by atoms with E-state index in [0.717, 1.165) is 17.2 Å². The summed E-state index contributed by atoms with van der Waals surface area (Å²) in [5, 5.41) is 10.4. The molecule has 2 aromatic rings. The lowest BCUT2D eigenvalue weighted by Crippen LogP contribution is -2.07. The van der Waals surface area contributed by atoms with E-state index in [9.17, 15) is 18.3 Å². The highest BCUT2D eigenvalue weighted by molar-refractivity contribution is 5.77. The van der Waals surface area contributed by atoms with Gasteiger partial charge in [-0.1, -0.05) is 47.0 Å². The van der Waals surface area contributed by atoms with Gasteiger partial charge in [0.25, 0.3) is 0 Å². The van der Waals surface area contributed by atoms with Crippen molar-refractivity contribution >= 4 is 0 Å². The third kappa shape index (κ3) is 3.18. The van der Waals surface area contributed by atoms with Crippen molar-refractivity contribution in [2.45, 2.75) is 46.7 Å². The Bertz CT molecular complexity index is 954. The molecule has 0 amide bonds. The SMILES string of the molecule is CC1=C(C)C(c2ccc(C)cc2-c2cccc(C(F)(F)F)c2O)C(C)=C1C. The van der Waals surface area contributed by atoms with Crippen molar-refractivity contribution in [3.63, 3.8) is 0 Å². The van der Waals surface area contributed by atoms with Gasteiger partial charge >= 0.3 is 6.18 Å². The van der Waals surface area contributed by atoms with Gasteiger partial charge in [0.15, 0.2) is 0 Å². The zero-order chi connectivity index (χ0) is 20.1. The van der Waals surface area contributed by atoms with Gasteiger partial charge in [0, 0.05) is 11.5 Å². The highest BCUT2D eigenvalue weighted by atomic mass is 19.4. The van der Waals surface area contributed by atoms with Crippen LogP contribution in [-0.4, -0.2) is 5.11 Å². The second-order valence-electron chi connectivity index (χ2n) is 7.34. The van der Waals surface area contributed by atoms with Gasteiger partial charge in [-0.3, -0.25) is 0 Å². The molecule has 0 spiro atoms. The number of aromatic hydroxyl groups is 1. The molecule has 3 rings (SSSR count). The fourth-order valence-corrected chi connectivity index (χ4v) is 3.96. The molecule has 142 valence electrons. The lowest BCUT2D eigenvalue weighted by molar-refractivity contribution is -0.138. The van der Waals surface area contributed by atoms with Gasteiger partial charge in [-0.2, -0.15) is 13.2 Å². The third-order valence-corrected chi connectivity index (χ3v) is 5.76. The molecule has 4 heteroatoms. The number of rotatable bonds is 2. The van der Waals surface area contributed by atoms with E-state index >= 15 is 0 Å². The van der Waals surface area contributed by atoms with E-state index in [1.807, 2.05) is 25.1 Å². The number of halogens is 3. The van der Waals surface area contributed by atoms with Crippen LogP contribution in [0, 0.1) is 6.92 Å². The first-order chi connectivity index (χ1) is 12.5. The van der Waals surface area contributed by atoms with Gasteiger partial charge in [0.1, 0.15) is 5.75 Å². The Kier molecular flexibility index (Phi) is 4.71. The average molecular weight is 372 g/mol. The maximum atomic E-state index is 13.3. The van der Waals surface area contributed by atoms with Gasteiger partial charge in [-0.25, -0.2) is 0 Å². The topological polar surface area (TPSA) is 20.2 Å². The van der Waals surface area contributed by atoms with Crippen molar-refractivity contribution in [3.8, 4) is 16.9 Å². The maximum Gasteiger partial charge on any atom is 0.419 e. The molecule has 0 fully saturated rings. The first-order valence-electron chi connectivity index (χ1n) is 8.89. The number of hydrogen-bond donors (Lipinski definition) is 1. The molecule has 0 unspecified atom stereocenters. The number of allylic oxidation sites excluding steroid dienone is 4. The molecule has 1 N–H and O–H groups in total. The molecular formula is C23H23F3O. The van der Waals surface area contributed by atoms with E-state index in [4.69, 9.17) is 0 Å². The largest absolute Gasteiger partial charge is 0.507 e. The monoisotopic (exact) mass is 372 g/mol. The lowest BCUT2D eigenvalue weighted by Gasteiger charge is -2.22. The summed E-state index contributed by atoms with van der Waals surface area (Å²) in [6.07, 6.45) is -4.60. The number of benzene rings is 2. The number of para-hydroxylation sites is 1. The van der Waals surface area contributed by atoms with Crippen molar-refractivity contribution in [3.05, 3.63) is 75.4 Å². The minimum Gasteiger partial charge on any atom is -0.507 e. The molecule has 0 saturated carbocycles. The molecule has 1 aliphatic rings. The molecule has 0 heterocycles. The average Bonchev–Trinajstić information content (AvgIpc) is 2.78. The normalized spacial score (nSPS) is 15.9. The Morgan fingerprint density at radius 3 is 1.96 bits per heavy atom. The first-order valence-corrected chi connectivity index (χ1v) is 8.89. The number of hydrogen-bond acceptors (Lipinski definition) is 1. The zero-order valence-electron chi connectivity index (χ0n) is 16.1. The molecule has 0 saturated heterocycles. The molecule has 1 nitrogen and oxygen atoms in total. The van der Waals surface area contributed by atoms with Crippen LogP contribution in [-0.2, 0) is 6.18 Å². The Balaban J connectivity index is 2.28. The van der Waals surface area contributed by atoms with Crippen molar-refractivity contribution in [1.82, 2.24) is 0 Å². The van der Waals surface area contributed by atoms with Crippen molar-refractivity contribution < 1.29 is 18.3 Å². The quantitative estimate of drug-likeness (QED) is 0.593. The second-order valence-corrected chi connectivity index (χ2v) is 7.34. The summed E-state index contributed by atoms with van der Waals surface area (Å²) in [5.41, 5.74) is 6.53. The van der Waals surface area contributed by atoms with E-state index in [0.29, 0.717) is 5.56 Å². The van der Waals surface area contributed by atoms with E-state index < -0.39 is 17.5 Å². The number of phenols is 1. The zero-order valence-corrected chi connectivity index (χ0v) is 16.1. The van der Waals surface area contributed by atoms with Gasteiger partial charge in [0.05, 0.1) is 5.56 Å². The van der Waals surface area contributed by atoms with Crippen LogP contribution in [0.3, 0.4) is 0 Å². The van der Waals surface area contributed by atoms with Crippen LogP contribution in [0.25, 0.3) is 11.1 Å². The van der Waals surface area contributed by atoms with Crippen LogP contribution in [0.4, 0.5) is 13.2 Å². The predicted octanol–water partition coefficient (Wildman–Crippen LogP) is 7.16. The third-order valence-electron chi connectivity index (χ3n) is 5.76. The highest BCUT2D eigenvalue weighted by Crippen LogP contribution is 2.48. The Morgan fingerprint density at radius 1 is 0.815 bits per heavy atom. The minimum absolute atomic E-state index is 0.00884. The predicted molar refractivity (Wildman–Crippen MR) is 103 cm³/mol. The van der Waals surface area contributed by atoms with Gasteiger partial charge in [-0.05, 0) is 63.0 Å². The Morgan fingerprint density at radius 2 is 1.41 bits per heavy atom. The number of alkyl halides is 3. The fourth-order valence-electron chi connectivity index (χ4n) is 3.96. The summed E-state index contributed by atoms with van der Waals surface area (Å²) in [5.74, 6) is -0.707. The first kappa shape index (κ1) is 19.3. The maximum absolute atomic E-state index is 13.3. The summed E-state index contributed by atoms with van der Waals surface area (Å²) < 4.78 is 39.8. The van der Waals surface area contributed by atoms with Gasteiger partial charge in [-0.15, -0.1) is 0 Å². The van der Waals surface area contributed by atoms with Crippen LogP contribution in [0.2, 0.25) is 0 Å². The summed E-state index contributed by atoms with van der Waals surface area (Å²) in [6, 6.07) is 9.60. The number of aryl methyl sites for hydroxylation is 1. The minimum atomic E-state index is -4.60. The van der Waals surface area contributed by atoms with Crippen LogP contribution < -0.4 is 0 Å². The molecule has 27 heavy (non-hydrogen) atoms. The van der Waals surface area contributed by atoms with E-state index in [1.54, 1.807) is 6.07 Å². The van der Waals surface area contributed by atoms with Crippen molar-refractivity contribution in [1.29, 1.82) is 0 Å². The van der Waals surface area contributed by atoms with Crippen LogP contribution in [0.15, 0.2) is 58.7 Å². The molecule has 0 aliphatic heterocycles. The standard InChI is InChI=1S/C23H23F3O/c1-12-9-10-17(21-15(4)13(2)14(3)16(21)5)19(11-12)18-7-6-8-20(22(18)27)23(24,25)26/h6-11,21,27H,1-5H3. The molecule has 0 atom stereocenters. The van der Waals surface area contributed by atoms with Crippen molar-refractivity contribution in [2.75, 3.05) is 0 Å². The van der Waals surface area contributed by atoms with E-state index in [1.165, 1.54) is 28.4 Å². The summed E-state index contributed by atoms with van der Waals surface area (Å²) in [4.78, 5) is 0. The van der Waals surface area contributed by atoms with E-state index in [-0.39, 0.29) is 11.5 Å². The van der Waals surface area contributed by atoms with Crippen molar-refractivity contribution in [2.24, 2.45) is 0 Å². The molecular weight excluding hydrogens is 349 g/mol. The number of phenolic OH excluding ortho intramolecular Hbond substituents is 1. The molecule has 0 radical (unpaired) electrons. The second kappa shape index (κ2) is 6.59. The van der Waals surface area contributed by atoms with Gasteiger partial charge < -0.3 is 5.11 Å². The molecule has 0 bridgehead atoms.